The highest BCUT2D eigenvalue weighted by atomic mass is 127. The van der Waals surface area contributed by atoms with Gasteiger partial charge in [0.2, 0.25) is 5.91 Å². The molecule has 2 heterocycles. The van der Waals surface area contributed by atoms with Crippen LogP contribution in [0.15, 0.2) is 29.3 Å². The van der Waals surface area contributed by atoms with E-state index < -0.39 is 0 Å². The summed E-state index contributed by atoms with van der Waals surface area (Å²) in [6.07, 6.45) is 4.19. The number of likely N-dealkylation sites (tertiary alicyclic amines) is 2. The minimum absolute atomic E-state index is 0. The van der Waals surface area contributed by atoms with Crippen LogP contribution in [0.5, 0.6) is 0 Å². The number of hydrogen-bond donors (Lipinski definition) is 1. The van der Waals surface area contributed by atoms with Crippen LogP contribution in [0.4, 0.5) is 0 Å². The number of nitrogens with zero attached hydrogens (tertiary/aromatic N) is 3. The summed E-state index contributed by atoms with van der Waals surface area (Å²) >= 11 is 0. The number of nitrogens with one attached hydrogen (secondary N) is 1. The van der Waals surface area contributed by atoms with Gasteiger partial charge in [-0.05, 0) is 44.2 Å². The third-order valence-electron chi connectivity index (χ3n) is 5.46. The molecule has 0 aromatic heterocycles. The number of carbonyl (C=O) groups excluding carboxylic acids is 1. The Labute approximate surface area is 192 Å². The summed E-state index contributed by atoms with van der Waals surface area (Å²) in [6, 6.07) is 8.50. The van der Waals surface area contributed by atoms with Gasteiger partial charge in [-0.2, -0.15) is 0 Å². The Morgan fingerprint density at radius 3 is 2.41 bits per heavy atom. The van der Waals surface area contributed by atoms with Crippen LogP contribution in [0, 0.1) is 0 Å². The lowest BCUT2D eigenvalue weighted by atomic mass is 10.1. The zero-order chi connectivity index (χ0) is 19.8. The van der Waals surface area contributed by atoms with Crippen LogP contribution < -0.4 is 5.32 Å². The number of aliphatic imine (C=N–C) groups is 1. The number of piperidine rings is 1. The molecule has 1 aromatic carbocycles. The first kappa shape index (κ1) is 23.9. The number of hydrogen-bond acceptors (Lipinski definition) is 3. The highest BCUT2D eigenvalue weighted by Gasteiger charge is 2.22. The van der Waals surface area contributed by atoms with Gasteiger partial charge in [0.25, 0.3) is 0 Å². The number of halogens is 1. The van der Waals surface area contributed by atoms with Crippen molar-refractivity contribution >= 4 is 35.8 Å². The second-order valence-corrected chi connectivity index (χ2v) is 7.55. The maximum absolute atomic E-state index is 11.8. The minimum atomic E-state index is 0. The van der Waals surface area contributed by atoms with Crippen LogP contribution >= 0.6 is 24.0 Å². The van der Waals surface area contributed by atoms with Crippen LogP contribution in [0.25, 0.3) is 0 Å². The number of benzene rings is 1. The van der Waals surface area contributed by atoms with Gasteiger partial charge < -0.3 is 19.9 Å². The van der Waals surface area contributed by atoms with Gasteiger partial charge in [0, 0.05) is 45.8 Å². The lowest BCUT2D eigenvalue weighted by molar-refractivity contribution is -0.128. The van der Waals surface area contributed by atoms with Crippen LogP contribution in [0.3, 0.4) is 0 Å². The first-order valence-corrected chi connectivity index (χ1v) is 10.7. The number of guanidine groups is 1. The molecular weight excluding hydrogens is 479 g/mol. The van der Waals surface area contributed by atoms with E-state index in [9.17, 15) is 4.79 Å². The second-order valence-electron chi connectivity index (χ2n) is 7.55. The Kier molecular flexibility index (Phi) is 10.2. The Morgan fingerprint density at radius 1 is 1.14 bits per heavy atom. The average molecular weight is 514 g/mol. The van der Waals surface area contributed by atoms with Gasteiger partial charge in [0.1, 0.15) is 0 Å². The lowest BCUT2D eigenvalue weighted by Gasteiger charge is -2.34. The Bertz CT molecular complexity index is 657. The van der Waals surface area contributed by atoms with E-state index in [1.165, 1.54) is 11.1 Å². The van der Waals surface area contributed by atoms with Crippen LogP contribution in [0.1, 0.15) is 50.7 Å². The van der Waals surface area contributed by atoms with Gasteiger partial charge in [-0.1, -0.05) is 24.3 Å². The SMILES string of the molecule is CCNC(=NCc1ccc(CN2CCCC2=O)cc1)N1CCC(OCC)CC1.I. The lowest BCUT2D eigenvalue weighted by Crippen LogP contribution is -2.47. The monoisotopic (exact) mass is 514 g/mol. The summed E-state index contributed by atoms with van der Waals surface area (Å²) in [5.74, 6) is 1.27. The van der Waals surface area contributed by atoms with E-state index in [0.29, 0.717) is 19.1 Å². The molecule has 0 spiro atoms. The van der Waals surface area contributed by atoms with E-state index in [1.807, 2.05) is 4.90 Å². The molecule has 1 aromatic rings. The van der Waals surface area contributed by atoms with E-state index in [2.05, 4.69) is 48.3 Å². The van der Waals surface area contributed by atoms with E-state index in [0.717, 1.165) is 64.6 Å². The molecule has 0 atom stereocenters. The third kappa shape index (κ3) is 7.13. The number of carbonyl (C=O) groups is 1. The fourth-order valence-corrected chi connectivity index (χ4v) is 3.90. The summed E-state index contributed by atoms with van der Waals surface area (Å²) in [7, 11) is 0. The standard InChI is InChI=1S/C22H34N4O2.HI/c1-3-23-22(25-14-11-20(12-15-25)28-4-2)24-16-18-7-9-19(10-8-18)17-26-13-5-6-21(26)27;/h7-10,20H,3-6,11-17H2,1-2H3,(H,23,24);1H. The van der Waals surface area contributed by atoms with Crippen molar-refractivity contribution in [3.05, 3.63) is 35.4 Å². The van der Waals surface area contributed by atoms with E-state index in [1.54, 1.807) is 0 Å². The molecule has 2 aliphatic rings. The van der Waals surface area contributed by atoms with Crippen molar-refractivity contribution in [1.82, 2.24) is 15.1 Å². The van der Waals surface area contributed by atoms with E-state index in [-0.39, 0.29) is 29.9 Å². The van der Waals surface area contributed by atoms with Crippen LogP contribution in [-0.4, -0.2) is 60.6 Å². The summed E-state index contributed by atoms with van der Waals surface area (Å²) in [5.41, 5.74) is 2.38. The predicted octanol–water partition coefficient (Wildman–Crippen LogP) is 3.39. The Morgan fingerprint density at radius 2 is 1.83 bits per heavy atom. The quantitative estimate of drug-likeness (QED) is 0.345. The maximum atomic E-state index is 11.8. The van der Waals surface area contributed by atoms with Crippen molar-refractivity contribution in [1.29, 1.82) is 0 Å². The fraction of sp³-hybridized carbons (Fsp3) is 0.636. The van der Waals surface area contributed by atoms with Crippen LogP contribution in [-0.2, 0) is 22.6 Å². The molecule has 2 saturated heterocycles. The first-order valence-electron chi connectivity index (χ1n) is 10.7. The predicted molar refractivity (Wildman–Crippen MR) is 128 cm³/mol. The topological polar surface area (TPSA) is 57.2 Å². The zero-order valence-electron chi connectivity index (χ0n) is 17.7. The number of amides is 1. The molecule has 2 aliphatic heterocycles. The van der Waals surface area contributed by atoms with Crippen molar-refractivity contribution in [3.8, 4) is 0 Å². The van der Waals surface area contributed by atoms with Crippen LogP contribution in [0.2, 0.25) is 0 Å². The second kappa shape index (κ2) is 12.4. The molecule has 0 aliphatic carbocycles. The van der Waals surface area contributed by atoms with Crippen molar-refractivity contribution < 1.29 is 9.53 Å². The summed E-state index contributed by atoms with van der Waals surface area (Å²) in [5, 5.41) is 3.42. The molecule has 0 radical (unpaired) electrons. The Balaban J connectivity index is 0.00000300. The van der Waals surface area contributed by atoms with E-state index in [4.69, 9.17) is 9.73 Å². The molecule has 2 fully saturated rings. The van der Waals surface area contributed by atoms with Gasteiger partial charge in [-0.15, -0.1) is 24.0 Å². The molecule has 1 N–H and O–H groups in total. The highest BCUT2D eigenvalue weighted by molar-refractivity contribution is 14.0. The molecular formula is C22H35IN4O2. The normalized spacial score (nSPS) is 18.1. The third-order valence-corrected chi connectivity index (χ3v) is 5.46. The van der Waals surface area contributed by atoms with Gasteiger partial charge in [0.15, 0.2) is 5.96 Å². The molecule has 0 unspecified atom stereocenters. The molecule has 3 rings (SSSR count). The molecule has 0 saturated carbocycles. The van der Waals surface area contributed by atoms with Crippen molar-refractivity contribution in [2.75, 3.05) is 32.8 Å². The highest BCUT2D eigenvalue weighted by Crippen LogP contribution is 2.16. The summed E-state index contributed by atoms with van der Waals surface area (Å²) in [4.78, 5) is 20.9. The molecule has 6 nitrogen and oxygen atoms in total. The summed E-state index contributed by atoms with van der Waals surface area (Å²) in [6.45, 7) is 10.1. The van der Waals surface area contributed by atoms with Gasteiger partial charge in [-0.25, -0.2) is 4.99 Å². The van der Waals surface area contributed by atoms with Gasteiger partial charge in [0.05, 0.1) is 12.6 Å². The molecule has 7 heteroatoms. The van der Waals surface area contributed by atoms with Crippen molar-refractivity contribution in [2.45, 2.75) is 58.7 Å². The van der Waals surface area contributed by atoms with E-state index >= 15 is 0 Å². The maximum Gasteiger partial charge on any atom is 0.222 e. The van der Waals surface area contributed by atoms with Gasteiger partial charge in [-0.3, -0.25) is 4.79 Å². The zero-order valence-corrected chi connectivity index (χ0v) is 20.1. The summed E-state index contributed by atoms with van der Waals surface area (Å²) < 4.78 is 5.75. The van der Waals surface area contributed by atoms with Crippen molar-refractivity contribution in [2.24, 2.45) is 4.99 Å². The number of ether oxygens (including phenoxy) is 1. The number of rotatable bonds is 7. The largest absolute Gasteiger partial charge is 0.378 e. The van der Waals surface area contributed by atoms with Gasteiger partial charge >= 0.3 is 0 Å². The first-order chi connectivity index (χ1) is 13.7. The molecule has 1 amide bonds. The fourth-order valence-electron chi connectivity index (χ4n) is 3.90. The molecule has 162 valence electrons. The van der Waals surface area contributed by atoms with Crippen molar-refractivity contribution in [3.63, 3.8) is 0 Å². The smallest absolute Gasteiger partial charge is 0.222 e. The molecule has 29 heavy (non-hydrogen) atoms. The minimum Gasteiger partial charge on any atom is -0.378 e. The average Bonchev–Trinajstić information content (AvgIpc) is 3.12. The Hall–Kier alpha value is -1.35. The molecule has 0 bridgehead atoms.